The number of carbonyl (C=O) groups is 3. The maximum absolute atomic E-state index is 13.2. The number of amides is 2. The Labute approximate surface area is 225 Å². The van der Waals surface area contributed by atoms with Crippen molar-refractivity contribution in [2.24, 2.45) is 4.99 Å². The first kappa shape index (κ1) is 25.6. The fraction of sp³-hybridized carbons (Fsp3) is 0.357. The van der Waals surface area contributed by atoms with Crippen LogP contribution in [0.5, 0.6) is 0 Å². The Balaban J connectivity index is 1.43. The number of anilines is 1. The molecule has 1 N–H and O–H groups in total. The minimum absolute atomic E-state index is 0.00120. The maximum atomic E-state index is 13.2. The Bertz CT molecular complexity index is 1360. The molecule has 7 nitrogen and oxygen atoms in total. The molecule has 0 bridgehead atoms. The number of carbonyl (C=O) groups excluding carboxylic acids is 3. The van der Waals surface area contributed by atoms with Gasteiger partial charge in [0, 0.05) is 42.1 Å². The van der Waals surface area contributed by atoms with E-state index in [1.54, 1.807) is 23.5 Å². The lowest BCUT2D eigenvalue weighted by Crippen LogP contribution is -2.43. The number of allylic oxidation sites excluding steroid dienone is 4. The summed E-state index contributed by atoms with van der Waals surface area (Å²) >= 11 is 7.87. The molecule has 0 spiro atoms. The summed E-state index contributed by atoms with van der Waals surface area (Å²) in [5.41, 5.74) is 4.45. The first-order valence-corrected chi connectivity index (χ1v) is 13.6. The van der Waals surface area contributed by atoms with E-state index in [2.05, 4.69) is 5.32 Å². The van der Waals surface area contributed by atoms with Crippen LogP contribution in [0.15, 0.2) is 52.0 Å². The lowest BCUT2D eigenvalue weighted by Gasteiger charge is -2.25. The summed E-state index contributed by atoms with van der Waals surface area (Å²) in [4.78, 5) is 48.6. The van der Waals surface area contributed by atoms with Gasteiger partial charge in [0.25, 0.3) is 11.8 Å². The van der Waals surface area contributed by atoms with Crippen LogP contribution in [0.25, 0.3) is 0 Å². The van der Waals surface area contributed by atoms with E-state index in [0.29, 0.717) is 48.2 Å². The van der Waals surface area contributed by atoms with Crippen molar-refractivity contribution < 1.29 is 14.4 Å². The molecule has 0 saturated carbocycles. The summed E-state index contributed by atoms with van der Waals surface area (Å²) in [7, 11) is 3.83. The van der Waals surface area contributed by atoms with Crippen molar-refractivity contribution >= 4 is 51.9 Å². The number of hydrogen-bond acceptors (Lipinski definition) is 7. The van der Waals surface area contributed by atoms with Gasteiger partial charge in [-0.15, -0.1) is 11.3 Å². The van der Waals surface area contributed by atoms with Crippen molar-refractivity contribution in [1.82, 2.24) is 9.80 Å². The van der Waals surface area contributed by atoms with Gasteiger partial charge in [-0.25, -0.2) is 0 Å². The largest absolute Gasteiger partial charge is 0.358 e. The highest BCUT2D eigenvalue weighted by Crippen LogP contribution is 2.37. The van der Waals surface area contributed by atoms with Crippen LogP contribution in [0.2, 0.25) is 5.02 Å². The van der Waals surface area contributed by atoms with Gasteiger partial charge in [-0.2, -0.15) is 0 Å². The average molecular weight is 537 g/mol. The Morgan fingerprint density at radius 1 is 1.16 bits per heavy atom. The number of benzene rings is 1. The van der Waals surface area contributed by atoms with Gasteiger partial charge >= 0.3 is 0 Å². The van der Waals surface area contributed by atoms with E-state index in [0.717, 1.165) is 26.8 Å². The lowest BCUT2D eigenvalue weighted by molar-refractivity contribution is -0.114. The fourth-order valence-electron chi connectivity index (χ4n) is 5.23. The number of hydrogen-bond donors (Lipinski definition) is 1. The fourth-order valence-corrected chi connectivity index (χ4v) is 6.46. The number of rotatable bonds is 6. The highest BCUT2D eigenvalue weighted by molar-refractivity contribution is 7.10. The third-order valence-corrected chi connectivity index (χ3v) is 8.22. The first-order chi connectivity index (χ1) is 17.6. The molecule has 0 fully saturated rings. The highest BCUT2D eigenvalue weighted by Gasteiger charge is 2.40. The number of halogens is 1. The maximum Gasteiger partial charge on any atom is 0.261 e. The van der Waals surface area contributed by atoms with Crippen molar-refractivity contribution in [2.45, 2.75) is 45.2 Å². The molecule has 2 amide bonds. The van der Waals surface area contributed by atoms with E-state index in [1.807, 2.05) is 56.4 Å². The van der Waals surface area contributed by atoms with E-state index >= 15 is 0 Å². The molecule has 192 valence electrons. The van der Waals surface area contributed by atoms with E-state index in [1.165, 1.54) is 4.90 Å². The quantitative estimate of drug-likeness (QED) is 0.425. The molecule has 2 aliphatic heterocycles. The molecule has 9 heteroatoms. The number of likely N-dealkylation sites (N-methyl/N-ethyl adjacent to an activating group) is 1. The number of aliphatic imine (C=N–C) groups is 1. The summed E-state index contributed by atoms with van der Waals surface area (Å²) in [6, 6.07) is 5.14. The second-order valence-electron chi connectivity index (χ2n) is 10.1. The van der Waals surface area contributed by atoms with Crippen molar-refractivity contribution in [3.63, 3.8) is 0 Å². The number of fused-ring (bicyclic) bond motifs is 2. The van der Waals surface area contributed by atoms with Gasteiger partial charge in [-0.3, -0.25) is 24.3 Å². The molecule has 0 radical (unpaired) electrons. The number of nitrogens with zero attached hydrogens (tertiary/aromatic N) is 3. The molecule has 0 unspecified atom stereocenters. The number of nitrogens with one attached hydrogen (secondary N) is 1. The zero-order valence-electron chi connectivity index (χ0n) is 21.3. The summed E-state index contributed by atoms with van der Waals surface area (Å²) < 4.78 is 0. The minimum Gasteiger partial charge on any atom is -0.358 e. The molecule has 0 saturated heterocycles. The van der Waals surface area contributed by atoms with Crippen molar-refractivity contribution in [3.8, 4) is 0 Å². The van der Waals surface area contributed by atoms with Gasteiger partial charge in [0.1, 0.15) is 0 Å². The van der Waals surface area contributed by atoms with Crippen molar-refractivity contribution in [3.05, 3.63) is 73.6 Å². The molecule has 37 heavy (non-hydrogen) atoms. The van der Waals surface area contributed by atoms with Gasteiger partial charge in [0.15, 0.2) is 5.78 Å². The van der Waals surface area contributed by atoms with Crippen LogP contribution >= 0.6 is 22.9 Å². The number of imide groups is 1. The van der Waals surface area contributed by atoms with Crippen molar-refractivity contribution in [1.29, 1.82) is 0 Å². The second kappa shape index (κ2) is 10.0. The third-order valence-electron chi connectivity index (χ3n) is 6.81. The molecular formula is C28H29ClN4O3S. The molecule has 1 aromatic heterocycles. The van der Waals surface area contributed by atoms with Crippen LogP contribution in [-0.4, -0.2) is 65.8 Å². The monoisotopic (exact) mass is 536 g/mol. The van der Waals surface area contributed by atoms with Crippen LogP contribution in [0.1, 0.15) is 51.4 Å². The molecular weight excluding hydrogens is 508 g/mol. The van der Waals surface area contributed by atoms with Gasteiger partial charge in [-0.05, 0) is 63.2 Å². The van der Waals surface area contributed by atoms with Gasteiger partial charge in [0.2, 0.25) is 0 Å². The molecule has 2 aromatic rings. The molecule has 3 aliphatic rings. The SMILES string of the molecule is C[C@H](CN(C)C)N1C(=O)c2cc3c(cc2C1=O)NC(=C1C(=O)CC=CC1=N[C@@H](C)Cc1sccc1Cl)C3. The number of ketones is 1. The van der Waals surface area contributed by atoms with E-state index in [4.69, 9.17) is 16.6 Å². The Morgan fingerprint density at radius 2 is 1.89 bits per heavy atom. The van der Waals surface area contributed by atoms with Crippen LogP contribution in [-0.2, 0) is 17.6 Å². The average Bonchev–Trinajstić information content (AvgIpc) is 3.48. The smallest absolute Gasteiger partial charge is 0.261 e. The zero-order chi connectivity index (χ0) is 26.4. The van der Waals surface area contributed by atoms with Crippen LogP contribution in [0.4, 0.5) is 5.69 Å². The van der Waals surface area contributed by atoms with E-state index in [-0.39, 0.29) is 29.7 Å². The summed E-state index contributed by atoms with van der Waals surface area (Å²) in [5.74, 6) is -0.542. The number of Topliss-reactive ketones (excluding diaryl/α,β-unsaturated/α-hetero) is 1. The Hall–Kier alpha value is -3.07. The molecule has 3 heterocycles. The zero-order valence-corrected chi connectivity index (χ0v) is 22.9. The molecule has 1 aliphatic carbocycles. The summed E-state index contributed by atoms with van der Waals surface area (Å²) in [6.07, 6.45) is 5.22. The molecule has 5 rings (SSSR count). The highest BCUT2D eigenvalue weighted by atomic mass is 35.5. The standard InChI is InChI=1S/C28H29ClN4O3S/c1-15(10-25-20(29)8-9-37-25)30-21-6-5-7-24(34)26(21)23-12-17-11-18-19(13-22(17)31-23)28(36)33(27(18)35)16(2)14-32(3)4/h5-6,8-9,11,13,15-16,31H,7,10,12,14H2,1-4H3/t15-,16+/m0/s1. The lowest BCUT2D eigenvalue weighted by atomic mass is 9.93. The van der Waals surface area contributed by atoms with E-state index in [9.17, 15) is 14.4 Å². The minimum atomic E-state index is -0.278. The molecule has 2 atom stereocenters. The van der Waals surface area contributed by atoms with Gasteiger partial charge < -0.3 is 10.2 Å². The van der Waals surface area contributed by atoms with Gasteiger partial charge in [-0.1, -0.05) is 17.7 Å². The second-order valence-corrected chi connectivity index (χ2v) is 11.5. The summed E-state index contributed by atoms with van der Waals surface area (Å²) in [5, 5.41) is 6.07. The normalized spacial score (nSPS) is 21.6. The Kier molecular flexibility index (Phi) is 6.91. The number of thiophene rings is 1. The van der Waals surface area contributed by atoms with Crippen LogP contribution in [0.3, 0.4) is 0 Å². The van der Waals surface area contributed by atoms with E-state index < -0.39 is 0 Å². The predicted molar refractivity (Wildman–Crippen MR) is 148 cm³/mol. The summed E-state index contributed by atoms with van der Waals surface area (Å²) in [6.45, 7) is 4.49. The predicted octanol–water partition coefficient (Wildman–Crippen LogP) is 4.77. The van der Waals surface area contributed by atoms with Crippen LogP contribution < -0.4 is 5.32 Å². The topological polar surface area (TPSA) is 82.1 Å². The van der Waals surface area contributed by atoms with Crippen molar-refractivity contribution in [2.75, 3.05) is 26.0 Å². The first-order valence-electron chi connectivity index (χ1n) is 12.3. The third kappa shape index (κ3) is 4.81. The van der Waals surface area contributed by atoms with Gasteiger partial charge in [0.05, 0.1) is 39.5 Å². The van der Waals surface area contributed by atoms with Crippen LogP contribution in [0, 0.1) is 0 Å². The molecule has 1 aromatic carbocycles. The Morgan fingerprint density at radius 3 is 2.57 bits per heavy atom.